The van der Waals surface area contributed by atoms with Crippen molar-refractivity contribution in [2.45, 2.75) is 26.5 Å². The van der Waals surface area contributed by atoms with E-state index in [2.05, 4.69) is 20.6 Å². The summed E-state index contributed by atoms with van der Waals surface area (Å²) in [5.74, 6) is 2.18. The van der Waals surface area contributed by atoms with E-state index in [1.54, 1.807) is 25.5 Å². The van der Waals surface area contributed by atoms with Crippen LogP contribution in [0, 0.1) is 6.92 Å². The van der Waals surface area contributed by atoms with Crippen molar-refractivity contribution < 1.29 is 9.47 Å². The van der Waals surface area contributed by atoms with Crippen molar-refractivity contribution in [3.05, 3.63) is 40.3 Å². The molecule has 0 fully saturated rings. The minimum Gasteiger partial charge on any atom is -0.493 e. The van der Waals surface area contributed by atoms with Gasteiger partial charge in [-0.05, 0) is 26.0 Å². The van der Waals surface area contributed by atoms with Crippen LogP contribution in [0.25, 0.3) is 0 Å². The van der Waals surface area contributed by atoms with E-state index in [0.717, 1.165) is 22.5 Å². The smallest absolute Gasteiger partial charge is 0.191 e. The fraction of sp³-hybridized carbons (Fsp3) is 0.412. The van der Waals surface area contributed by atoms with Crippen LogP contribution in [-0.4, -0.2) is 37.7 Å². The van der Waals surface area contributed by atoms with Gasteiger partial charge in [0, 0.05) is 18.1 Å². The Balaban J connectivity index is 1.79. The Morgan fingerprint density at radius 2 is 2.04 bits per heavy atom. The van der Waals surface area contributed by atoms with Gasteiger partial charge in [0.15, 0.2) is 17.5 Å². The number of aryl methyl sites for hydroxylation is 1. The third-order valence-electron chi connectivity index (χ3n) is 3.25. The average molecular weight is 348 g/mol. The lowest BCUT2D eigenvalue weighted by Gasteiger charge is -2.18. The third kappa shape index (κ3) is 5.42. The van der Waals surface area contributed by atoms with Gasteiger partial charge < -0.3 is 20.1 Å². The molecule has 2 rings (SSSR count). The molecule has 2 aromatic rings. The molecule has 1 aromatic carbocycles. The topological polar surface area (TPSA) is 67.8 Å². The van der Waals surface area contributed by atoms with Crippen LogP contribution in [0.15, 0.2) is 35.5 Å². The number of aromatic nitrogens is 1. The summed E-state index contributed by atoms with van der Waals surface area (Å²) < 4.78 is 11.2. The summed E-state index contributed by atoms with van der Waals surface area (Å²) in [7, 11) is 3.38. The number of thiazole rings is 1. The molecule has 0 saturated carbocycles. The summed E-state index contributed by atoms with van der Waals surface area (Å²) in [6.45, 7) is 5.32. The predicted octanol–water partition coefficient (Wildman–Crippen LogP) is 2.59. The standard InChI is InChI=1S/C17H24N4O2S/c1-12(23-15-8-6-5-7-14(15)22-4)9-20-17(18-3)21-11-16-19-10-13(2)24-16/h5-8,10,12H,9,11H2,1-4H3,(H2,18,20,21). The summed E-state index contributed by atoms with van der Waals surface area (Å²) in [4.78, 5) is 9.74. The Bertz CT molecular complexity index is 672. The lowest BCUT2D eigenvalue weighted by atomic mass is 10.3. The maximum atomic E-state index is 5.92. The normalized spacial score (nSPS) is 12.6. The number of benzene rings is 1. The van der Waals surface area contributed by atoms with Gasteiger partial charge in [-0.15, -0.1) is 11.3 Å². The number of methoxy groups -OCH3 is 1. The molecule has 0 aliphatic carbocycles. The highest BCUT2D eigenvalue weighted by atomic mass is 32.1. The minimum absolute atomic E-state index is 0.0399. The second kappa shape index (κ2) is 9.12. The molecular formula is C17H24N4O2S. The molecule has 0 saturated heterocycles. The molecule has 0 amide bonds. The summed E-state index contributed by atoms with van der Waals surface area (Å²) in [6, 6.07) is 7.62. The molecule has 1 aromatic heterocycles. The molecular weight excluding hydrogens is 324 g/mol. The molecule has 130 valence electrons. The molecule has 0 radical (unpaired) electrons. The van der Waals surface area contributed by atoms with Crippen molar-refractivity contribution in [2.24, 2.45) is 4.99 Å². The quantitative estimate of drug-likeness (QED) is 0.595. The van der Waals surface area contributed by atoms with Crippen molar-refractivity contribution in [3.8, 4) is 11.5 Å². The summed E-state index contributed by atoms with van der Waals surface area (Å²) in [5, 5.41) is 7.54. The Morgan fingerprint density at radius 1 is 1.29 bits per heavy atom. The molecule has 0 aliphatic heterocycles. The third-order valence-corrected chi connectivity index (χ3v) is 4.17. The van der Waals surface area contributed by atoms with E-state index in [4.69, 9.17) is 9.47 Å². The van der Waals surface area contributed by atoms with Crippen LogP contribution in [-0.2, 0) is 6.54 Å². The fourth-order valence-electron chi connectivity index (χ4n) is 2.08. The highest BCUT2D eigenvalue weighted by Crippen LogP contribution is 2.26. The first-order valence-electron chi connectivity index (χ1n) is 7.78. The number of nitrogens with zero attached hydrogens (tertiary/aromatic N) is 2. The molecule has 0 spiro atoms. The number of nitrogens with one attached hydrogen (secondary N) is 2. The molecule has 2 N–H and O–H groups in total. The number of aliphatic imine (C=N–C) groups is 1. The van der Waals surface area contributed by atoms with E-state index in [9.17, 15) is 0 Å². The van der Waals surface area contributed by atoms with E-state index >= 15 is 0 Å². The SMILES string of the molecule is CN=C(NCc1ncc(C)s1)NCC(C)Oc1ccccc1OC. The van der Waals surface area contributed by atoms with Gasteiger partial charge in [0.25, 0.3) is 0 Å². The van der Waals surface area contributed by atoms with E-state index in [0.29, 0.717) is 13.1 Å². The number of hydrogen-bond acceptors (Lipinski definition) is 5. The molecule has 0 bridgehead atoms. The maximum Gasteiger partial charge on any atom is 0.191 e. The molecule has 1 unspecified atom stereocenters. The summed E-state index contributed by atoms with van der Waals surface area (Å²) in [5.41, 5.74) is 0. The Kier molecular flexibility index (Phi) is 6.87. The second-order valence-electron chi connectivity index (χ2n) is 5.25. The van der Waals surface area contributed by atoms with Crippen LogP contribution in [0.3, 0.4) is 0 Å². The number of ether oxygens (including phenoxy) is 2. The lowest BCUT2D eigenvalue weighted by Crippen LogP contribution is -2.41. The van der Waals surface area contributed by atoms with Gasteiger partial charge in [0.1, 0.15) is 11.1 Å². The van der Waals surface area contributed by atoms with Gasteiger partial charge in [-0.2, -0.15) is 0 Å². The van der Waals surface area contributed by atoms with Crippen LogP contribution in [0.1, 0.15) is 16.8 Å². The second-order valence-corrected chi connectivity index (χ2v) is 6.57. The first-order valence-corrected chi connectivity index (χ1v) is 8.59. The van der Waals surface area contributed by atoms with Gasteiger partial charge in [-0.1, -0.05) is 12.1 Å². The molecule has 7 heteroatoms. The Hall–Kier alpha value is -2.28. The first kappa shape index (κ1) is 18.1. The fourth-order valence-corrected chi connectivity index (χ4v) is 2.80. The molecule has 0 aliphatic rings. The van der Waals surface area contributed by atoms with Crippen LogP contribution in [0.4, 0.5) is 0 Å². The maximum absolute atomic E-state index is 5.92. The first-order chi connectivity index (χ1) is 11.6. The van der Waals surface area contributed by atoms with Crippen molar-refractivity contribution in [3.63, 3.8) is 0 Å². The number of guanidine groups is 1. The number of para-hydroxylation sites is 2. The zero-order valence-electron chi connectivity index (χ0n) is 14.5. The largest absolute Gasteiger partial charge is 0.493 e. The average Bonchev–Trinajstić information content (AvgIpc) is 3.01. The summed E-state index contributed by atoms with van der Waals surface area (Å²) in [6.07, 6.45) is 1.84. The van der Waals surface area contributed by atoms with Gasteiger partial charge in [0.2, 0.25) is 0 Å². The van der Waals surface area contributed by atoms with Crippen LogP contribution < -0.4 is 20.1 Å². The van der Waals surface area contributed by atoms with E-state index in [-0.39, 0.29) is 6.10 Å². The van der Waals surface area contributed by atoms with Gasteiger partial charge >= 0.3 is 0 Å². The molecule has 1 heterocycles. The zero-order valence-corrected chi connectivity index (χ0v) is 15.3. The lowest BCUT2D eigenvalue weighted by molar-refractivity contribution is 0.213. The van der Waals surface area contributed by atoms with Gasteiger partial charge in [-0.25, -0.2) is 4.98 Å². The van der Waals surface area contributed by atoms with Crippen LogP contribution in [0.5, 0.6) is 11.5 Å². The molecule has 1 atom stereocenters. The van der Waals surface area contributed by atoms with E-state index < -0.39 is 0 Å². The number of hydrogen-bond donors (Lipinski definition) is 2. The highest BCUT2D eigenvalue weighted by molar-refractivity contribution is 7.11. The van der Waals surface area contributed by atoms with E-state index in [1.165, 1.54) is 4.88 Å². The minimum atomic E-state index is -0.0399. The number of rotatable bonds is 7. The van der Waals surface area contributed by atoms with Crippen molar-refractivity contribution >= 4 is 17.3 Å². The van der Waals surface area contributed by atoms with Crippen molar-refractivity contribution in [2.75, 3.05) is 20.7 Å². The van der Waals surface area contributed by atoms with Crippen LogP contribution >= 0.6 is 11.3 Å². The van der Waals surface area contributed by atoms with E-state index in [1.807, 2.05) is 44.3 Å². The van der Waals surface area contributed by atoms with Gasteiger partial charge in [0.05, 0.1) is 20.2 Å². The van der Waals surface area contributed by atoms with Crippen molar-refractivity contribution in [1.29, 1.82) is 0 Å². The predicted molar refractivity (Wildman–Crippen MR) is 98.1 cm³/mol. The molecule has 6 nitrogen and oxygen atoms in total. The zero-order chi connectivity index (χ0) is 17.4. The monoisotopic (exact) mass is 348 g/mol. The Labute approximate surface area is 146 Å². The highest BCUT2D eigenvalue weighted by Gasteiger charge is 2.09. The van der Waals surface area contributed by atoms with Gasteiger partial charge in [-0.3, -0.25) is 4.99 Å². The summed E-state index contributed by atoms with van der Waals surface area (Å²) >= 11 is 1.68. The van der Waals surface area contributed by atoms with Crippen LogP contribution in [0.2, 0.25) is 0 Å². The van der Waals surface area contributed by atoms with Crippen molar-refractivity contribution in [1.82, 2.24) is 15.6 Å². The molecule has 24 heavy (non-hydrogen) atoms. The Morgan fingerprint density at radius 3 is 2.67 bits per heavy atom.